The van der Waals surface area contributed by atoms with Crippen molar-refractivity contribution in [2.45, 2.75) is 17.5 Å². The zero-order valence-electron chi connectivity index (χ0n) is 5.62. The van der Waals surface area contributed by atoms with E-state index >= 15 is 0 Å². The number of alkyl halides is 4. The number of halogens is 4. The molecule has 1 rings (SSSR count). The maximum Gasteiger partial charge on any atom is 0.320 e. The van der Waals surface area contributed by atoms with Crippen LogP contribution in [-0.4, -0.2) is 15.3 Å². The smallest absolute Gasteiger partial charge is 0.268 e. The Morgan fingerprint density at radius 3 is 2.50 bits per heavy atom. The second-order valence-corrected chi connectivity index (χ2v) is 2.73. The van der Waals surface area contributed by atoms with Crippen LogP contribution in [0.5, 0.6) is 0 Å². The third kappa shape index (κ3) is 2.13. The van der Waals surface area contributed by atoms with Crippen LogP contribution in [0, 0.1) is 0 Å². The second-order valence-electron chi connectivity index (χ2n) is 1.77. The van der Waals surface area contributed by atoms with Gasteiger partial charge in [0.25, 0.3) is 5.76 Å². The van der Waals surface area contributed by atoms with Crippen molar-refractivity contribution in [2.24, 2.45) is 0 Å². The summed E-state index contributed by atoms with van der Waals surface area (Å²) in [4.78, 5) is 3.34. The Kier molecular flexibility index (Phi) is 2.96. The van der Waals surface area contributed by atoms with E-state index in [1.54, 1.807) is 0 Å². The molecule has 0 aliphatic rings. The molecule has 2 nitrogen and oxygen atoms in total. The summed E-state index contributed by atoms with van der Waals surface area (Å²) < 4.78 is 47.8. The first kappa shape index (κ1) is 9.37. The summed E-state index contributed by atoms with van der Waals surface area (Å²) in [6.07, 6.45) is 2.01. The molecule has 0 spiro atoms. The summed E-state index contributed by atoms with van der Waals surface area (Å²) in [5.74, 6) is -2.73. The van der Waals surface area contributed by atoms with E-state index in [2.05, 4.69) is 4.98 Å². The molecule has 1 heterocycles. The van der Waals surface area contributed by atoms with E-state index < -0.39 is 12.3 Å². The fraction of sp³-hybridized carbons (Fsp3) is 0.400. The molecule has 0 aliphatic heterocycles. The Morgan fingerprint density at radius 2 is 2.00 bits per heavy atom. The fourth-order valence-corrected chi connectivity index (χ4v) is 1.16. The van der Waals surface area contributed by atoms with Crippen LogP contribution >= 0.6 is 11.8 Å². The van der Waals surface area contributed by atoms with E-state index in [1.165, 1.54) is 0 Å². The normalized spacial score (nSPS) is 11.5. The monoisotopic (exact) mass is 200 g/mol. The number of hydrogen-bond acceptors (Lipinski definition) is 2. The van der Waals surface area contributed by atoms with Gasteiger partial charge in [-0.05, 0) is 11.8 Å². The van der Waals surface area contributed by atoms with E-state index in [1.807, 2.05) is 0 Å². The summed E-state index contributed by atoms with van der Waals surface area (Å²) in [7, 11) is 0. The predicted octanol–water partition coefficient (Wildman–Crippen LogP) is 2.59. The molecule has 0 N–H and O–H groups in total. The van der Waals surface area contributed by atoms with Gasteiger partial charge in [-0.3, -0.25) is 4.57 Å². The maximum atomic E-state index is 12.0. The highest BCUT2D eigenvalue weighted by Gasteiger charge is 2.15. The lowest BCUT2D eigenvalue weighted by molar-refractivity contribution is 0.0607. The Labute approximate surface area is 69.6 Å². The van der Waals surface area contributed by atoms with E-state index in [-0.39, 0.29) is 16.9 Å². The van der Waals surface area contributed by atoms with Gasteiger partial charge in [-0.2, -0.15) is 17.6 Å². The molecule has 68 valence electrons. The summed E-state index contributed by atoms with van der Waals surface area (Å²) in [5.41, 5.74) is 0. The van der Waals surface area contributed by atoms with Crippen molar-refractivity contribution in [3.63, 3.8) is 0 Å². The fourth-order valence-electron chi connectivity index (χ4n) is 0.619. The first-order valence-electron chi connectivity index (χ1n) is 2.87. The molecule has 0 atom stereocenters. The van der Waals surface area contributed by atoms with Crippen molar-refractivity contribution in [1.29, 1.82) is 0 Å². The lowest BCUT2D eigenvalue weighted by Gasteiger charge is -2.03. The third-order valence-corrected chi connectivity index (χ3v) is 1.74. The van der Waals surface area contributed by atoms with Crippen molar-refractivity contribution >= 4 is 11.8 Å². The van der Waals surface area contributed by atoms with Crippen molar-refractivity contribution in [3.05, 3.63) is 12.4 Å². The molecule has 0 saturated heterocycles. The standard InChI is InChI=1S/C5H4F4N2S/c6-3(7)11-2-1-10-5(11)12-4(8)9/h1-4H. The highest BCUT2D eigenvalue weighted by molar-refractivity contribution is 7.99. The highest BCUT2D eigenvalue weighted by Crippen LogP contribution is 2.26. The van der Waals surface area contributed by atoms with Crippen LogP contribution in [0.15, 0.2) is 17.6 Å². The Morgan fingerprint density at radius 1 is 1.33 bits per heavy atom. The molecule has 12 heavy (non-hydrogen) atoms. The van der Waals surface area contributed by atoms with Crippen molar-refractivity contribution in [3.8, 4) is 0 Å². The average Bonchev–Trinajstić information content (AvgIpc) is 2.33. The van der Waals surface area contributed by atoms with Crippen molar-refractivity contribution in [2.75, 3.05) is 0 Å². The van der Waals surface area contributed by atoms with E-state index in [0.717, 1.165) is 12.4 Å². The lowest BCUT2D eigenvalue weighted by atomic mass is 10.9. The molecular formula is C5H4F4N2S. The highest BCUT2D eigenvalue weighted by atomic mass is 32.2. The average molecular weight is 200 g/mol. The molecular weight excluding hydrogens is 196 g/mol. The summed E-state index contributed by atoms with van der Waals surface area (Å²) in [5, 5.41) is -0.375. The third-order valence-electron chi connectivity index (χ3n) is 1.04. The SMILES string of the molecule is FC(F)Sc1nccn1C(F)F. The number of aromatic nitrogens is 2. The second kappa shape index (κ2) is 3.79. The minimum atomic E-state index is -2.83. The Hall–Kier alpha value is -0.720. The van der Waals surface area contributed by atoms with Gasteiger partial charge >= 0.3 is 6.55 Å². The molecule has 0 radical (unpaired) electrons. The molecule has 0 amide bonds. The topological polar surface area (TPSA) is 17.8 Å². The van der Waals surface area contributed by atoms with Crippen molar-refractivity contribution in [1.82, 2.24) is 9.55 Å². The number of hydrogen-bond donors (Lipinski definition) is 0. The molecule has 0 aromatic carbocycles. The van der Waals surface area contributed by atoms with Crippen LogP contribution in [0.1, 0.15) is 6.55 Å². The molecule has 0 unspecified atom stereocenters. The van der Waals surface area contributed by atoms with E-state index in [0.29, 0.717) is 4.57 Å². The van der Waals surface area contributed by atoms with Gasteiger partial charge in [0.2, 0.25) is 0 Å². The van der Waals surface area contributed by atoms with Crippen molar-refractivity contribution < 1.29 is 17.6 Å². The maximum absolute atomic E-state index is 12.0. The Bertz CT molecular complexity index is 249. The van der Waals surface area contributed by atoms with Crippen LogP contribution in [0.4, 0.5) is 17.6 Å². The number of thioether (sulfide) groups is 1. The van der Waals surface area contributed by atoms with Gasteiger partial charge in [0.05, 0.1) is 0 Å². The predicted molar refractivity (Wildman–Crippen MR) is 35.3 cm³/mol. The van der Waals surface area contributed by atoms with Gasteiger partial charge in [0.1, 0.15) is 0 Å². The number of nitrogens with zero attached hydrogens (tertiary/aromatic N) is 2. The Balaban J connectivity index is 2.77. The summed E-state index contributed by atoms with van der Waals surface area (Å²) >= 11 is -0.00144. The van der Waals surface area contributed by atoms with Crippen LogP contribution in [0.25, 0.3) is 0 Å². The first-order chi connectivity index (χ1) is 5.61. The molecule has 0 aliphatic carbocycles. The minimum absolute atomic E-state index is 0.00144. The zero-order chi connectivity index (χ0) is 9.14. The first-order valence-corrected chi connectivity index (χ1v) is 3.75. The van der Waals surface area contributed by atoms with Gasteiger partial charge in [0.15, 0.2) is 5.16 Å². The molecule has 0 saturated carbocycles. The molecule has 7 heteroatoms. The van der Waals surface area contributed by atoms with Gasteiger partial charge in [-0.15, -0.1) is 0 Å². The van der Waals surface area contributed by atoms with Crippen LogP contribution in [-0.2, 0) is 0 Å². The summed E-state index contributed by atoms with van der Waals surface area (Å²) in [6.45, 7) is -2.83. The van der Waals surface area contributed by atoms with Crippen LogP contribution in [0.2, 0.25) is 0 Å². The molecule has 0 bridgehead atoms. The summed E-state index contributed by atoms with van der Waals surface area (Å²) in [6, 6.07) is 0. The van der Waals surface area contributed by atoms with E-state index in [9.17, 15) is 17.6 Å². The van der Waals surface area contributed by atoms with Gasteiger partial charge < -0.3 is 0 Å². The number of imidazole rings is 1. The van der Waals surface area contributed by atoms with Gasteiger partial charge in [0, 0.05) is 12.4 Å². The zero-order valence-corrected chi connectivity index (χ0v) is 6.44. The largest absolute Gasteiger partial charge is 0.320 e. The van der Waals surface area contributed by atoms with Gasteiger partial charge in [-0.1, -0.05) is 0 Å². The number of rotatable bonds is 3. The van der Waals surface area contributed by atoms with Crippen LogP contribution < -0.4 is 0 Å². The quantitative estimate of drug-likeness (QED) is 0.551. The minimum Gasteiger partial charge on any atom is -0.268 e. The van der Waals surface area contributed by atoms with Crippen LogP contribution in [0.3, 0.4) is 0 Å². The molecule has 1 aromatic heterocycles. The van der Waals surface area contributed by atoms with E-state index in [4.69, 9.17) is 0 Å². The lowest BCUT2D eigenvalue weighted by Crippen LogP contribution is -1.99. The molecule has 1 aromatic rings. The molecule has 0 fully saturated rings. The van der Waals surface area contributed by atoms with Gasteiger partial charge in [-0.25, -0.2) is 4.98 Å².